The Morgan fingerprint density at radius 3 is 2.39 bits per heavy atom. The molecule has 2 aromatic carbocycles. The summed E-state index contributed by atoms with van der Waals surface area (Å²) >= 11 is 1.91. The molecule has 2 aromatic rings. The largest absolute Gasteiger partial charge is 0.443 e. The maximum atomic E-state index is 5.94. The zero-order valence-electron chi connectivity index (χ0n) is 9.58. The fourth-order valence-corrected chi connectivity index (χ4v) is 6.65. The van der Waals surface area contributed by atoms with E-state index in [1.54, 1.807) is 0 Å². The van der Waals surface area contributed by atoms with E-state index in [2.05, 4.69) is 24.3 Å². The number of ether oxygens (including phenoxy) is 2. The highest BCUT2D eigenvalue weighted by atomic mass is 32.2. The monoisotopic (exact) mass is 276 g/mol. The van der Waals surface area contributed by atoms with Gasteiger partial charge >= 0.3 is 0 Å². The van der Waals surface area contributed by atoms with Crippen LogP contribution in [0.3, 0.4) is 0 Å². The van der Waals surface area contributed by atoms with Gasteiger partial charge in [0.15, 0.2) is 11.5 Å². The van der Waals surface area contributed by atoms with Crippen molar-refractivity contribution in [1.29, 1.82) is 0 Å². The molecule has 4 rings (SSSR count). The van der Waals surface area contributed by atoms with E-state index in [-0.39, 0.29) is 16.5 Å². The molecule has 0 N–H and O–H groups in total. The van der Waals surface area contributed by atoms with Crippen LogP contribution < -0.4 is 9.47 Å². The lowest BCUT2D eigenvalue weighted by Gasteiger charge is -2.21. The maximum absolute atomic E-state index is 5.94. The Morgan fingerprint density at radius 1 is 0.944 bits per heavy atom. The van der Waals surface area contributed by atoms with Gasteiger partial charge in [-0.05, 0) is 24.3 Å². The summed E-state index contributed by atoms with van der Waals surface area (Å²) in [4.78, 5) is 2.79. The number of thioether (sulfide) groups is 1. The van der Waals surface area contributed by atoms with E-state index in [0.717, 1.165) is 16.6 Å². The highest BCUT2D eigenvalue weighted by Gasteiger charge is 2.34. The summed E-state index contributed by atoms with van der Waals surface area (Å²) in [5.41, 5.74) is -0.117. The first-order valence-electron chi connectivity index (χ1n) is 5.83. The molecule has 2 aliphatic rings. The van der Waals surface area contributed by atoms with Gasteiger partial charge in [-0.2, -0.15) is 0 Å². The standard InChI is InChI=1S/C14H12O2S2/c1-2-6-11-10(5-1)15-14(16-11)18-9-17-12-7-3-4-8-13(12)18/h1-8,14,18H,9H2. The third-order valence-electron chi connectivity index (χ3n) is 3.09. The van der Waals surface area contributed by atoms with Crippen molar-refractivity contribution in [3.63, 3.8) is 0 Å². The minimum atomic E-state index is -0.390. The Hall–Kier alpha value is -1.26. The Morgan fingerprint density at radius 2 is 1.61 bits per heavy atom. The Kier molecular flexibility index (Phi) is 2.45. The molecule has 1 unspecified atom stereocenters. The number of thiol groups is 1. The molecule has 1 atom stereocenters. The smallest absolute Gasteiger partial charge is 0.277 e. The van der Waals surface area contributed by atoms with E-state index in [9.17, 15) is 0 Å². The molecule has 0 aromatic heterocycles. The second-order valence-electron chi connectivity index (χ2n) is 4.20. The molecular formula is C14H12O2S2. The fraction of sp³-hybridized carbons (Fsp3) is 0.143. The van der Waals surface area contributed by atoms with Crippen molar-refractivity contribution >= 4 is 22.7 Å². The van der Waals surface area contributed by atoms with E-state index in [4.69, 9.17) is 9.47 Å². The van der Waals surface area contributed by atoms with Crippen molar-refractivity contribution in [2.24, 2.45) is 0 Å². The number of fused-ring (bicyclic) bond motifs is 2. The normalized spacial score (nSPS) is 23.0. The first-order chi connectivity index (χ1) is 8.92. The van der Waals surface area contributed by atoms with Gasteiger partial charge in [-0.3, -0.25) is 0 Å². The lowest BCUT2D eigenvalue weighted by atomic mass is 10.3. The van der Waals surface area contributed by atoms with Crippen LogP contribution >= 0.6 is 22.7 Å². The lowest BCUT2D eigenvalue weighted by molar-refractivity contribution is 0.134. The topological polar surface area (TPSA) is 18.5 Å². The molecule has 0 spiro atoms. The molecular weight excluding hydrogens is 264 g/mol. The van der Waals surface area contributed by atoms with Gasteiger partial charge in [-0.15, -0.1) is 22.7 Å². The van der Waals surface area contributed by atoms with Crippen molar-refractivity contribution < 1.29 is 9.47 Å². The fourth-order valence-electron chi connectivity index (χ4n) is 2.21. The predicted octanol–water partition coefficient (Wildman–Crippen LogP) is 3.86. The van der Waals surface area contributed by atoms with E-state index >= 15 is 0 Å². The number of hydrogen-bond acceptors (Lipinski definition) is 3. The quantitative estimate of drug-likeness (QED) is 0.798. The van der Waals surface area contributed by atoms with Crippen LogP contribution in [0.2, 0.25) is 0 Å². The predicted molar refractivity (Wildman–Crippen MR) is 75.9 cm³/mol. The van der Waals surface area contributed by atoms with E-state index < -0.39 is 0 Å². The van der Waals surface area contributed by atoms with Gasteiger partial charge in [-0.1, -0.05) is 24.3 Å². The Bertz CT molecular complexity index is 575. The van der Waals surface area contributed by atoms with Gasteiger partial charge in [0, 0.05) is 14.9 Å². The molecule has 92 valence electrons. The van der Waals surface area contributed by atoms with Crippen LogP contribution in [0, 0.1) is 0 Å². The molecule has 0 aliphatic carbocycles. The molecule has 0 radical (unpaired) electrons. The third kappa shape index (κ3) is 1.60. The number of benzene rings is 2. The molecule has 2 nitrogen and oxygen atoms in total. The molecule has 2 heterocycles. The first kappa shape index (κ1) is 10.6. The Labute approximate surface area is 113 Å². The average molecular weight is 276 g/mol. The maximum Gasteiger partial charge on any atom is 0.277 e. The van der Waals surface area contributed by atoms with E-state index in [1.165, 1.54) is 9.79 Å². The van der Waals surface area contributed by atoms with Crippen molar-refractivity contribution in [3.8, 4) is 11.5 Å². The molecule has 18 heavy (non-hydrogen) atoms. The molecule has 0 fully saturated rings. The second kappa shape index (κ2) is 4.14. The van der Waals surface area contributed by atoms with Crippen LogP contribution in [0.4, 0.5) is 0 Å². The second-order valence-corrected chi connectivity index (χ2v) is 7.80. The molecule has 0 amide bonds. The van der Waals surface area contributed by atoms with Crippen molar-refractivity contribution in [3.05, 3.63) is 48.5 Å². The van der Waals surface area contributed by atoms with Gasteiger partial charge in [0.1, 0.15) is 0 Å². The highest BCUT2D eigenvalue weighted by Crippen LogP contribution is 2.57. The molecule has 0 saturated carbocycles. The van der Waals surface area contributed by atoms with Crippen LogP contribution in [0.25, 0.3) is 0 Å². The van der Waals surface area contributed by atoms with Crippen LogP contribution in [0.1, 0.15) is 0 Å². The molecule has 2 aliphatic heterocycles. The van der Waals surface area contributed by atoms with E-state index in [1.807, 2.05) is 36.0 Å². The number of para-hydroxylation sites is 2. The van der Waals surface area contributed by atoms with Crippen molar-refractivity contribution in [1.82, 2.24) is 0 Å². The van der Waals surface area contributed by atoms with Crippen LogP contribution in [-0.2, 0) is 0 Å². The minimum Gasteiger partial charge on any atom is -0.443 e. The summed E-state index contributed by atoms with van der Waals surface area (Å²) in [7, 11) is -0.390. The van der Waals surface area contributed by atoms with Gasteiger partial charge in [0.2, 0.25) is 0 Å². The van der Waals surface area contributed by atoms with Gasteiger partial charge < -0.3 is 9.47 Å². The first-order valence-corrected chi connectivity index (χ1v) is 8.41. The molecule has 0 saturated heterocycles. The zero-order valence-corrected chi connectivity index (χ0v) is 11.3. The summed E-state index contributed by atoms with van der Waals surface area (Å²) in [6, 6.07) is 16.5. The van der Waals surface area contributed by atoms with Gasteiger partial charge in [0.25, 0.3) is 5.62 Å². The SMILES string of the molecule is c1ccc2c(c1)OC([SH]1CSc3ccccc31)O2. The minimum absolute atomic E-state index is 0.117. The van der Waals surface area contributed by atoms with Crippen LogP contribution in [0.5, 0.6) is 11.5 Å². The summed E-state index contributed by atoms with van der Waals surface area (Å²) in [6.45, 7) is 0. The van der Waals surface area contributed by atoms with Crippen molar-refractivity contribution in [2.45, 2.75) is 15.4 Å². The highest BCUT2D eigenvalue weighted by molar-refractivity contribution is 8.29. The van der Waals surface area contributed by atoms with Gasteiger partial charge in [0.05, 0.1) is 0 Å². The summed E-state index contributed by atoms with van der Waals surface area (Å²) in [6.07, 6.45) is 0. The number of rotatable bonds is 1. The summed E-state index contributed by atoms with van der Waals surface area (Å²) in [5.74, 6) is 1.75. The summed E-state index contributed by atoms with van der Waals surface area (Å²) < 4.78 is 11.9. The Balaban J connectivity index is 1.65. The van der Waals surface area contributed by atoms with Crippen molar-refractivity contribution in [2.75, 3.05) is 5.08 Å². The average Bonchev–Trinajstić information content (AvgIpc) is 3.02. The lowest BCUT2D eigenvalue weighted by Crippen LogP contribution is -2.18. The third-order valence-corrected chi connectivity index (χ3v) is 7.27. The molecule has 0 bridgehead atoms. The number of hydrogen-bond donors (Lipinski definition) is 1. The van der Waals surface area contributed by atoms with Crippen LogP contribution in [0.15, 0.2) is 58.3 Å². The molecule has 4 heteroatoms. The summed E-state index contributed by atoms with van der Waals surface area (Å²) in [5, 5.41) is 1.09. The zero-order chi connectivity index (χ0) is 11.9. The van der Waals surface area contributed by atoms with E-state index in [0.29, 0.717) is 0 Å². The van der Waals surface area contributed by atoms with Crippen LogP contribution in [-0.4, -0.2) is 10.7 Å². The van der Waals surface area contributed by atoms with Gasteiger partial charge in [-0.25, -0.2) is 0 Å².